The van der Waals surface area contributed by atoms with E-state index in [4.69, 9.17) is 10.5 Å². The molecular formula is C11H13NO4S. The molecule has 1 aliphatic heterocycles. The normalized spacial score (nSPS) is 16.5. The standard InChI is InChI=1S/C11H13NO4S/c12-5-11(13)8-1-3-9(4-2-8)17(14,15)10-6-16-7-10/h1-4,10H,5-7,12H2. The third-order valence-electron chi connectivity index (χ3n) is 2.74. The lowest BCUT2D eigenvalue weighted by Crippen LogP contribution is -2.40. The van der Waals surface area contributed by atoms with Crippen LogP contribution in [0, 0.1) is 0 Å². The first-order chi connectivity index (χ1) is 8.05. The minimum absolute atomic E-state index is 0.0808. The van der Waals surface area contributed by atoms with E-state index in [1.165, 1.54) is 24.3 Å². The summed E-state index contributed by atoms with van der Waals surface area (Å²) in [5.74, 6) is -0.207. The molecule has 1 aromatic rings. The van der Waals surface area contributed by atoms with Crippen LogP contribution < -0.4 is 5.73 Å². The van der Waals surface area contributed by atoms with Crippen LogP contribution in [0.4, 0.5) is 0 Å². The van der Waals surface area contributed by atoms with Gasteiger partial charge in [0, 0.05) is 5.56 Å². The number of nitrogens with two attached hydrogens (primary N) is 1. The van der Waals surface area contributed by atoms with Crippen molar-refractivity contribution < 1.29 is 17.9 Å². The molecule has 5 nitrogen and oxygen atoms in total. The van der Waals surface area contributed by atoms with Crippen LogP contribution >= 0.6 is 0 Å². The van der Waals surface area contributed by atoms with Crippen molar-refractivity contribution in [1.82, 2.24) is 0 Å². The van der Waals surface area contributed by atoms with E-state index in [0.717, 1.165) is 0 Å². The van der Waals surface area contributed by atoms with Crippen LogP contribution in [0.2, 0.25) is 0 Å². The molecule has 2 rings (SSSR count). The molecule has 1 heterocycles. The molecule has 1 aliphatic rings. The number of carbonyl (C=O) groups excluding carboxylic acids is 1. The topological polar surface area (TPSA) is 86.5 Å². The molecule has 2 N–H and O–H groups in total. The second-order valence-corrected chi connectivity index (χ2v) is 6.08. The highest BCUT2D eigenvalue weighted by Crippen LogP contribution is 2.21. The van der Waals surface area contributed by atoms with Crippen LogP contribution in [0.5, 0.6) is 0 Å². The lowest BCUT2D eigenvalue weighted by Gasteiger charge is -2.25. The van der Waals surface area contributed by atoms with Crippen molar-refractivity contribution in [2.24, 2.45) is 5.73 Å². The second kappa shape index (κ2) is 4.56. The van der Waals surface area contributed by atoms with Crippen molar-refractivity contribution in [2.75, 3.05) is 19.8 Å². The van der Waals surface area contributed by atoms with E-state index in [1.54, 1.807) is 0 Å². The average molecular weight is 255 g/mol. The SMILES string of the molecule is NCC(=O)c1ccc(S(=O)(=O)C2COC2)cc1. The first-order valence-electron chi connectivity index (χ1n) is 5.20. The van der Waals surface area contributed by atoms with Crippen molar-refractivity contribution in [3.05, 3.63) is 29.8 Å². The van der Waals surface area contributed by atoms with E-state index in [9.17, 15) is 13.2 Å². The van der Waals surface area contributed by atoms with Gasteiger partial charge in [0.25, 0.3) is 0 Å². The molecule has 17 heavy (non-hydrogen) atoms. The summed E-state index contributed by atoms with van der Waals surface area (Å²) in [7, 11) is -3.32. The Balaban J connectivity index is 2.26. The van der Waals surface area contributed by atoms with Gasteiger partial charge in [0.2, 0.25) is 0 Å². The maximum Gasteiger partial charge on any atom is 0.185 e. The van der Waals surface area contributed by atoms with E-state index >= 15 is 0 Å². The zero-order valence-electron chi connectivity index (χ0n) is 9.13. The molecule has 0 aromatic heterocycles. The van der Waals surface area contributed by atoms with Crippen LogP contribution in [-0.2, 0) is 14.6 Å². The molecule has 0 saturated carbocycles. The number of ketones is 1. The first-order valence-corrected chi connectivity index (χ1v) is 6.75. The minimum atomic E-state index is -3.32. The zero-order valence-corrected chi connectivity index (χ0v) is 9.94. The summed E-state index contributed by atoms with van der Waals surface area (Å²) in [4.78, 5) is 11.5. The number of ether oxygens (including phenoxy) is 1. The fourth-order valence-corrected chi connectivity index (χ4v) is 2.99. The monoisotopic (exact) mass is 255 g/mol. The molecule has 0 atom stereocenters. The van der Waals surface area contributed by atoms with Crippen molar-refractivity contribution in [3.8, 4) is 0 Å². The van der Waals surface area contributed by atoms with Gasteiger partial charge in [-0.1, -0.05) is 12.1 Å². The molecular weight excluding hydrogens is 242 g/mol. The third kappa shape index (κ3) is 2.24. The Morgan fingerprint density at radius 2 is 1.88 bits per heavy atom. The maximum atomic E-state index is 12.0. The molecule has 0 spiro atoms. The first kappa shape index (κ1) is 12.2. The fraction of sp³-hybridized carbons (Fsp3) is 0.364. The van der Waals surface area contributed by atoms with Gasteiger partial charge in [0.1, 0.15) is 5.25 Å². The predicted molar refractivity (Wildman–Crippen MR) is 61.6 cm³/mol. The Morgan fingerprint density at radius 3 is 2.29 bits per heavy atom. The lowest BCUT2D eigenvalue weighted by atomic mass is 10.1. The molecule has 0 radical (unpaired) electrons. The van der Waals surface area contributed by atoms with E-state index in [1.807, 2.05) is 0 Å². The summed E-state index contributed by atoms with van der Waals surface area (Å²) >= 11 is 0. The number of carbonyl (C=O) groups is 1. The van der Waals surface area contributed by atoms with Gasteiger partial charge in [-0.3, -0.25) is 4.79 Å². The summed E-state index contributed by atoms with van der Waals surface area (Å²) in [6.07, 6.45) is 0. The molecule has 1 saturated heterocycles. The minimum Gasteiger partial charge on any atom is -0.379 e. The number of sulfone groups is 1. The van der Waals surface area contributed by atoms with Crippen LogP contribution in [0.1, 0.15) is 10.4 Å². The molecule has 92 valence electrons. The summed E-state index contributed by atoms with van der Waals surface area (Å²) < 4.78 is 28.8. The van der Waals surface area contributed by atoms with Gasteiger partial charge in [-0.05, 0) is 12.1 Å². The molecule has 6 heteroatoms. The number of rotatable bonds is 4. The van der Waals surface area contributed by atoms with Crippen LogP contribution in [-0.4, -0.2) is 39.2 Å². The highest BCUT2D eigenvalue weighted by atomic mass is 32.2. The third-order valence-corrected chi connectivity index (χ3v) is 4.82. The van der Waals surface area contributed by atoms with Gasteiger partial charge in [0.05, 0.1) is 24.7 Å². The van der Waals surface area contributed by atoms with Crippen molar-refractivity contribution in [2.45, 2.75) is 10.1 Å². The molecule has 0 bridgehead atoms. The van der Waals surface area contributed by atoms with Gasteiger partial charge >= 0.3 is 0 Å². The van der Waals surface area contributed by atoms with Crippen molar-refractivity contribution >= 4 is 15.6 Å². The molecule has 1 aromatic carbocycles. The second-order valence-electron chi connectivity index (χ2n) is 3.86. The smallest absolute Gasteiger partial charge is 0.185 e. The fourth-order valence-electron chi connectivity index (χ4n) is 1.53. The van der Waals surface area contributed by atoms with Gasteiger partial charge < -0.3 is 10.5 Å². The summed E-state index contributed by atoms with van der Waals surface area (Å²) in [6.45, 7) is 0.403. The Hall–Kier alpha value is -1.24. The van der Waals surface area contributed by atoms with Crippen LogP contribution in [0.15, 0.2) is 29.2 Å². The van der Waals surface area contributed by atoms with Gasteiger partial charge in [-0.25, -0.2) is 8.42 Å². The Bertz CT molecular complexity index is 517. The predicted octanol–water partition coefficient (Wildman–Crippen LogP) is 0.000500. The number of hydrogen-bond acceptors (Lipinski definition) is 5. The lowest BCUT2D eigenvalue weighted by molar-refractivity contribution is 0.0416. The van der Waals surface area contributed by atoms with Gasteiger partial charge in [-0.2, -0.15) is 0 Å². The summed E-state index contributed by atoms with van der Waals surface area (Å²) in [5, 5.41) is -0.460. The summed E-state index contributed by atoms with van der Waals surface area (Å²) in [5.41, 5.74) is 5.65. The number of benzene rings is 1. The van der Waals surface area contributed by atoms with Crippen molar-refractivity contribution in [3.63, 3.8) is 0 Å². The Labute approximate surface area is 99.5 Å². The van der Waals surface area contributed by atoms with Gasteiger partial charge in [-0.15, -0.1) is 0 Å². The largest absolute Gasteiger partial charge is 0.379 e. The molecule has 0 amide bonds. The van der Waals surface area contributed by atoms with Crippen molar-refractivity contribution in [1.29, 1.82) is 0 Å². The van der Waals surface area contributed by atoms with E-state index in [2.05, 4.69) is 0 Å². The number of hydrogen-bond donors (Lipinski definition) is 1. The van der Waals surface area contributed by atoms with E-state index < -0.39 is 15.1 Å². The zero-order chi connectivity index (χ0) is 12.5. The maximum absolute atomic E-state index is 12.0. The molecule has 0 unspecified atom stereocenters. The van der Waals surface area contributed by atoms with E-state index in [-0.39, 0.29) is 30.4 Å². The highest BCUT2D eigenvalue weighted by Gasteiger charge is 2.33. The summed E-state index contributed by atoms with van der Waals surface area (Å²) in [6, 6.07) is 5.86. The Kier molecular flexibility index (Phi) is 3.28. The molecule has 1 fully saturated rings. The number of Topliss-reactive ketones (excluding diaryl/α,β-unsaturated/α-hetero) is 1. The average Bonchev–Trinajstić information content (AvgIpc) is 2.25. The highest BCUT2D eigenvalue weighted by molar-refractivity contribution is 7.92. The molecule has 0 aliphatic carbocycles. The Morgan fingerprint density at radius 1 is 1.29 bits per heavy atom. The quantitative estimate of drug-likeness (QED) is 0.765. The van der Waals surface area contributed by atoms with Crippen LogP contribution in [0.25, 0.3) is 0 Å². The van der Waals surface area contributed by atoms with Crippen LogP contribution in [0.3, 0.4) is 0 Å². The van der Waals surface area contributed by atoms with E-state index in [0.29, 0.717) is 5.56 Å². The van der Waals surface area contributed by atoms with Gasteiger partial charge in [0.15, 0.2) is 15.6 Å².